The predicted octanol–water partition coefficient (Wildman–Crippen LogP) is 4.48. The maximum atomic E-state index is 12.6. The molecule has 1 N–H and O–H groups in total. The van der Waals surface area contributed by atoms with Gasteiger partial charge in [-0.1, -0.05) is 18.7 Å². The monoisotopic (exact) mass is 351 g/mol. The van der Waals surface area contributed by atoms with Crippen molar-refractivity contribution in [2.45, 2.75) is 6.18 Å². The fourth-order valence-electron chi connectivity index (χ4n) is 2.07. The number of phenols is 1. The number of alkyl halides is 3. The highest BCUT2D eigenvalue weighted by molar-refractivity contribution is 6.00. The van der Waals surface area contributed by atoms with Crippen LogP contribution in [-0.2, 0) is 10.9 Å². The first-order valence-electron chi connectivity index (χ1n) is 7.13. The lowest BCUT2D eigenvalue weighted by molar-refractivity contribution is -0.137. The average molecular weight is 351 g/mol. The zero-order chi connectivity index (χ0) is 18.6. The lowest BCUT2D eigenvalue weighted by Gasteiger charge is -2.11. The van der Waals surface area contributed by atoms with Crippen LogP contribution in [0.4, 0.5) is 13.2 Å². The van der Waals surface area contributed by atoms with Crippen LogP contribution in [0, 0.1) is 0 Å². The molecule has 0 amide bonds. The van der Waals surface area contributed by atoms with E-state index in [1.54, 1.807) is 6.07 Å². The summed E-state index contributed by atoms with van der Waals surface area (Å²) in [6.07, 6.45) is -4.41. The number of benzene rings is 2. The quantitative estimate of drug-likeness (QED) is 0.652. The molecule has 0 saturated heterocycles. The summed E-state index contributed by atoms with van der Waals surface area (Å²) >= 11 is 0. The van der Waals surface area contributed by atoms with E-state index in [0.717, 1.165) is 12.1 Å². The van der Waals surface area contributed by atoms with E-state index in [0.29, 0.717) is 11.3 Å². The van der Waals surface area contributed by atoms with Gasteiger partial charge in [0.1, 0.15) is 11.5 Å². The minimum atomic E-state index is -4.41. The van der Waals surface area contributed by atoms with Crippen LogP contribution in [-0.4, -0.2) is 25.2 Å². The lowest BCUT2D eigenvalue weighted by Crippen LogP contribution is -2.06. The summed E-state index contributed by atoms with van der Waals surface area (Å²) in [5.74, 6) is 0.459. The molecule has 0 radical (unpaired) electrons. The van der Waals surface area contributed by atoms with Gasteiger partial charge in [0.05, 0.1) is 31.0 Å². The minimum absolute atomic E-state index is 0.0568. The first-order chi connectivity index (χ1) is 11.8. The van der Waals surface area contributed by atoms with Crippen LogP contribution in [0.15, 0.2) is 54.0 Å². The van der Waals surface area contributed by atoms with Crippen LogP contribution in [0.5, 0.6) is 11.5 Å². The molecule has 0 saturated carbocycles. The Hall–Kier alpha value is -2.96. The number of methoxy groups -OCH3 is 2. The zero-order valence-electron chi connectivity index (χ0n) is 13.6. The number of nitrogens with zero attached hydrogens (tertiary/aromatic N) is 1. The summed E-state index contributed by atoms with van der Waals surface area (Å²) in [7, 11) is 2.83. The minimum Gasteiger partial charge on any atom is -0.507 e. The molecule has 0 bridgehead atoms. The van der Waals surface area contributed by atoms with Crippen molar-refractivity contribution in [2.24, 2.45) is 4.99 Å². The predicted molar refractivity (Wildman–Crippen MR) is 88.7 cm³/mol. The van der Waals surface area contributed by atoms with Crippen molar-refractivity contribution >= 4 is 11.6 Å². The van der Waals surface area contributed by atoms with Crippen molar-refractivity contribution in [2.75, 3.05) is 14.2 Å². The van der Waals surface area contributed by atoms with E-state index in [-0.39, 0.29) is 22.9 Å². The third kappa shape index (κ3) is 4.32. The van der Waals surface area contributed by atoms with Crippen LogP contribution >= 0.6 is 0 Å². The molecule has 0 spiro atoms. The van der Waals surface area contributed by atoms with Crippen molar-refractivity contribution in [1.29, 1.82) is 0 Å². The highest BCUT2D eigenvalue weighted by Gasteiger charge is 2.30. The van der Waals surface area contributed by atoms with E-state index in [4.69, 9.17) is 9.47 Å². The van der Waals surface area contributed by atoms with Gasteiger partial charge in [-0.05, 0) is 35.9 Å². The van der Waals surface area contributed by atoms with E-state index < -0.39 is 11.7 Å². The van der Waals surface area contributed by atoms with Gasteiger partial charge in [-0.25, -0.2) is 4.99 Å². The van der Waals surface area contributed by atoms with Crippen LogP contribution in [0.1, 0.15) is 16.7 Å². The van der Waals surface area contributed by atoms with E-state index in [2.05, 4.69) is 11.6 Å². The molecule has 4 nitrogen and oxygen atoms in total. The van der Waals surface area contributed by atoms with Gasteiger partial charge in [-0.2, -0.15) is 13.2 Å². The van der Waals surface area contributed by atoms with E-state index in [1.807, 2.05) is 0 Å². The summed E-state index contributed by atoms with van der Waals surface area (Å²) in [6, 6.07) is 8.95. The summed E-state index contributed by atoms with van der Waals surface area (Å²) in [6.45, 7) is 3.74. The Morgan fingerprint density at radius 1 is 1.08 bits per heavy atom. The molecule has 7 heteroatoms. The topological polar surface area (TPSA) is 51.0 Å². The van der Waals surface area contributed by atoms with E-state index >= 15 is 0 Å². The second-order valence-corrected chi connectivity index (χ2v) is 5.03. The van der Waals surface area contributed by atoms with Crippen LogP contribution in [0.3, 0.4) is 0 Å². The first kappa shape index (κ1) is 18.4. The van der Waals surface area contributed by atoms with Crippen LogP contribution in [0.25, 0.3) is 5.70 Å². The number of halogens is 3. The fourth-order valence-corrected chi connectivity index (χ4v) is 2.07. The molecule has 2 aromatic rings. The third-order valence-electron chi connectivity index (χ3n) is 3.41. The molecule has 2 rings (SSSR count). The highest BCUT2D eigenvalue weighted by Crippen LogP contribution is 2.30. The zero-order valence-corrected chi connectivity index (χ0v) is 13.6. The van der Waals surface area contributed by atoms with E-state index in [1.165, 1.54) is 38.5 Å². The highest BCUT2D eigenvalue weighted by atomic mass is 19.4. The Balaban J connectivity index is 2.35. The Labute approximate surface area is 142 Å². The van der Waals surface area contributed by atoms with Gasteiger partial charge in [0, 0.05) is 0 Å². The molecule has 0 aliphatic carbocycles. The van der Waals surface area contributed by atoms with E-state index in [9.17, 15) is 18.3 Å². The Morgan fingerprint density at radius 3 is 2.24 bits per heavy atom. The number of rotatable bonds is 4. The fraction of sp³-hybridized carbons (Fsp3) is 0.167. The van der Waals surface area contributed by atoms with Gasteiger partial charge in [0.25, 0.3) is 0 Å². The first-order valence-corrected chi connectivity index (χ1v) is 7.13. The summed E-state index contributed by atoms with van der Waals surface area (Å²) in [5.41, 5.74) is 0.0954. The molecule has 0 heterocycles. The molecule has 25 heavy (non-hydrogen) atoms. The van der Waals surface area contributed by atoms with Crippen molar-refractivity contribution < 1.29 is 27.8 Å². The molecule has 0 aromatic heterocycles. The SMILES string of the molecule is C=C(N=C(OC)c1cc(OC)ccc1O)c1ccc(C(F)(F)F)cc1. The molecular formula is C18H16F3NO3. The Morgan fingerprint density at radius 2 is 1.72 bits per heavy atom. The van der Waals surface area contributed by atoms with Gasteiger partial charge < -0.3 is 14.6 Å². The molecule has 0 fully saturated rings. The molecule has 132 valence electrons. The molecule has 0 aliphatic rings. The van der Waals surface area contributed by atoms with Crippen molar-refractivity contribution in [1.82, 2.24) is 0 Å². The standard InChI is InChI=1S/C18H16F3NO3/c1-11(12-4-6-13(7-5-12)18(19,20)21)22-17(25-3)15-10-14(24-2)8-9-16(15)23/h4-10,23H,1H2,2-3H3. The number of aliphatic imine (C=N–C) groups is 1. The van der Waals surface area contributed by atoms with Gasteiger partial charge >= 0.3 is 6.18 Å². The van der Waals surface area contributed by atoms with Crippen molar-refractivity contribution in [3.05, 3.63) is 65.7 Å². The smallest absolute Gasteiger partial charge is 0.416 e. The van der Waals surface area contributed by atoms with Crippen molar-refractivity contribution in [3.63, 3.8) is 0 Å². The number of aromatic hydroxyl groups is 1. The van der Waals surface area contributed by atoms with Gasteiger partial charge in [0.15, 0.2) is 0 Å². The Kier molecular flexibility index (Phi) is 5.36. The summed E-state index contributed by atoms with van der Waals surface area (Å²) in [5, 5.41) is 9.97. The number of hydrogen-bond donors (Lipinski definition) is 1. The van der Waals surface area contributed by atoms with Crippen LogP contribution < -0.4 is 4.74 Å². The maximum absolute atomic E-state index is 12.6. The summed E-state index contributed by atoms with van der Waals surface area (Å²) in [4.78, 5) is 4.17. The maximum Gasteiger partial charge on any atom is 0.416 e. The third-order valence-corrected chi connectivity index (χ3v) is 3.41. The number of hydrogen-bond acceptors (Lipinski definition) is 4. The van der Waals surface area contributed by atoms with Gasteiger partial charge in [0.2, 0.25) is 5.90 Å². The molecule has 0 aliphatic heterocycles. The largest absolute Gasteiger partial charge is 0.507 e. The molecule has 0 atom stereocenters. The number of phenolic OH excluding ortho intramolecular Hbond substituents is 1. The lowest BCUT2D eigenvalue weighted by atomic mass is 10.1. The number of ether oxygens (including phenoxy) is 2. The van der Waals surface area contributed by atoms with Crippen molar-refractivity contribution in [3.8, 4) is 11.5 Å². The van der Waals surface area contributed by atoms with Crippen LogP contribution in [0.2, 0.25) is 0 Å². The average Bonchev–Trinajstić information content (AvgIpc) is 2.59. The normalized spacial score (nSPS) is 12.0. The molecular weight excluding hydrogens is 335 g/mol. The Bertz CT molecular complexity index is 796. The molecule has 0 unspecified atom stereocenters. The van der Waals surface area contributed by atoms with Gasteiger partial charge in [-0.3, -0.25) is 0 Å². The second kappa shape index (κ2) is 7.29. The van der Waals surface area contributed by atoms with Gasteiger partial charge in [-0.15, -0.1) is 0 Å². The summed E-state index contributed by atoms with van der Waals surface area (Å²) < 4.78 is 48.1. The molecule has 2 aromatic carbocycles. The second-order valence-electron chi connectivity index (χ2n) is 5.03.